The molecule has 14 heavy (non-hydrogen) atoms. The quantitative estimate of drug-likeness (QED) is 0.680. The first-order valence-electron chi connectivity index (χ1n) is 4.57. The minimum absolute atomic E-state index is 0.315. The van der Waals surface area contributed by atoms with Gasteiger partial charge in [-0.1, -0.05) is 0 Å². The summed E-state index contributed by atoms with van der Waals surface area (Å²) in [6.45, 7) is 7.20. The van der Waals surface area contributed by atoms with Crippen molar-refractivity contribution in [2.45, 2.75) is 25.3 Å². The molecule has 0 bridgehead atoms. The van der Waals surface area contributed by atoms with Crippen molar-refractivity contribution in [1.29, 1.82) is 0 Å². The predicted octanol–water partition coefficient (Wildman–Crippen LogP) is 1.78. The smallest absolute Gasteiger partial charge is 0.246 e. The van der Waals surface area contributed by atoms with Gasteiger partial charge in [0.2, 0.25) is 12.4 Å². The standard InChI is InChI=1S/C10H11N3O/c1-11-5-8-9(7-3-4-7)12-6-13-10(8)14-2/h6-7H,3-5H2,2H3. The van der Waals surface area contributed by atoms with Crippen LogP contribution in [0.2, 0.25) is 0 Å². The van der Waals surface area contributed by atoms with E-state index in [9.17, 15) is 0 Å². The van der Waals surface area contributed by atoms with Crippen LogP contribution in [0.3, 0.4) is 0 Å². The molecule has 0 amide bonds. The highest BCUT2D eigenvalue weighted by atomic mass is 16.5. The minimum Gasteiger partial charge on any atom is -0.481 e. The summed E-state index contributed by atoms with van der Waals surface area (Å²) >= 11 is 0. The van der Waals surface area contributed by atoms with Gasteiger partial charge in [0.1, 0.15) is 11.9 Å². The first kappa shape index (κ1) is 8.95. The zero-order valence-corrected chi connectivity index (χ0v) is 8.03. The van der Waals surface area contributed by atoms with E-state index < -0.39 is 0 Å². The molecular weight excluding hydrogens is 178 g/mol. The molecule has 1 heterocycles. The molecule has 4 heteroatoms. The summed E-state index contributed by atoms with van der Waals surface area (Å²) in [4.78, 5) is 11.6. The molecule has 0 atom stereocenters. The van der Waals surface area contributed by atoms with Gasteiger partial charge in [0, 0.05) is 5.92 Å². The normalized spacial score (nSPS) is 14.9. The molecule has 1 aromatic rings. The van der Waals surface area contributed by atoms with Gasteiger partial charge in [-0.15, -0.1) is 0 Å². The average Bonchev–Trinajstić information content (AvgIpc) is 3.02. The maximum absolute atomic E-state index is 6.88. The first-order valence-corrected chi connectivity index (χ1v) is 4.57. The van der Waals surface area contributed by atoms with Crippen molar-refractivity contribution in [2.75, 3.05) is 7.11 Å². The van der Waals surface area contributed by atoms with Crippen LogP contribution in [0.4, 0.5) is 0 Å². The van der Waals surface area contributed by atoms with E-state index in [1.54, 1.807) is 7.11 Å². The van der Waals surface area contributed by atoms with E-state index in [2.05, 4.69) is 14.8 Å². The SMILES string of the molecule is [C-]#[N+]Cc1c(OC)ncnc1C1CC1. The average molecular weight is 189 g/mol. The largest absolute Gasteiger partial charge is 0.481 e. The number of nitrogens with zero attached hydrogens (tertiary/aromatic N) is 3. The van der Waals surface area contributed by atoms with Crippen LogP contribution in [0.5, 0.6) is 5.88 Å². The second-order valence-electron chi connectivity index (χ2n) is 3.34. The van der Waals surface area contributed by atoms with Gasteiger partial charge in [-0.05, 0) is 12.8 Å². The minimum atomic E-state index is 0.315. The van der Waals surface area contributed by atoms with Gasteiger partial charge >= 0.3 is 0 Å². The molecule has 1 aliphatic rings. The summed E-state index contributed by atoms with van der Waals surface area (Å²) in [6, 6.07) is 0. The monoisotopic (exact) mass is 189 g/mol. The molecular formula is C10H11N3O. The van der Waals surface area contributed by atoms with Crippen LogP contribution in [0, 0.1) is 6.57 Å². The second-order valence-corrected chi connectivity index (χ2v) is 3.34. The summed E-state index contributed by atoms with van der Waals surface area (Å²) in [5.41, 5.74) is 1.88. The van der Waals surface area contributed by atoms with Gasteiger partial charge in [-0.3, -0.25) is 0 Å². The van der Waals surface area contributed by atoms with Crippen molar-refractivity contribution < 1.29 is 4.74 Å². The van der Waals surface area contributed by atoms with Crippen molar-refractivity contribution in [3.8, 4) is 5.88 Å². The Morgan fingerprint density at radius 1 is 1.57 bits per heavy atom. The number of rotatable bonds is 3. The van der Waals surface area contributed by atoms with E-state index in [1.165, 1.54) is 19.2 Å². The van der Waals surface area contributed by atoms with Gasteiger partial charge in [0.05, 0.1) is 12.8 Å². The lowest BCUT2D eigenvalue weighted by molar-refractivity contribution is 0.391. The number of methoxy groups -OCH3 is 1. The summed E-state index contributed by atoms with van der Waals surface area (Å²) in [7, 11) is 1.58. The molecule has 0 N–H and O–H groups in total. The van der Waals surface area contributed by atoms with Crippen molar-refractivity contribution in [3.63, 3.8) is 0 Å². The van der Waals surface area contributed by atoms with E-state index in [1.807, 2.05) is 0 Å². The van der Waals surface area contributed by atoms with E-state index in [0.29, 0.717) is 18.3 Å². The van der Waals surface area contributed by atoms with Crippen LogP contribution in [-0.2, 0) is 6.54 Å². The molecule has 1 fully saturated rings. The summed E-state index contributed by atoms with van der Waals surface area (Å²) < 4.78 is 5.12. The Labute approximate surface area is 82.8 Å². The van der Waals surface area contributed by atoms with Crippen molar-refractivity contribution in [1.82, 2.24) is 9.97 Å². The highest BCUT2D eigenvalue weighted by Gasteiger charge is 2.30. The summed E-state index contributed by atoms with van der Waals surface area (Å²) in [6.07, 6.45) is 3.86. The van der Waals surface area contributed by atoms with E-state index in [-0.39, 0.29) is 0 Å². The first-order chi connectivity index (χ1) is 6.86. The van der Waals surface area contributed by atoms with Gasteiger partial charge in [0.15, 0.2) is 0 Å². The van der Waals surface area contributed by atoms with Crippen molar-refractivity contribution in [3.05, 3.63) is 29.0 Å². The molecule has 72 valence electrons. The van der Waals surface area contributed by atoms with Gasteiger partial charge in [0.25, 0.3) is 0 Å². The third-order valence-corrected chi connectivity index (χ3v) is 2.33. The Balaban J connectivity index is 2.42. The Kier molecular flexibility index (Phi) is 2.32. The van der Waals surface area contributed by atoms with E-state index in [0.717, 1.165) is 11.3 Å². The fraction of sp³-hybridized carbons (Fsp3) is 0.500. The predicted molar refractivity (Wildman–Crippen MR) is 50.9 cm³/mol. The molecule has 0 radical (unpaired) electrons. The van der Waals surface area contributed by atoms with Crippen LogP contribution in [0.1, 0.15) is 30.0 Å². The zero-order valence-electron chi connectivity index (χ0n) is 8.03. The fourth-order valence-corrected chi connectivity index (χ4v) is 1.52. The Morgan fingerprint density at radius 2 is 2.36 bits per heavy atom. The Morgan fingerprint density at radius 3 is 2.93 bits per heavy atom. The molecule has 0 unspecified atom stereocenters. The number of hydrogen-bond acceptors (Lipinski definition) is 3. The van der Waals surface area contributed by atoms with Crippen molar-refractivity contribution >= 4 is 0 Å². The highest BCUT2D eigenvalue weighted by Crippen LogP contribution is 2.42. The third kappa shape index (κ3) is 1.53. The number of hydrogen-bond donors (Lipinski definition) is 0. The van der Waals surface area contributed by atoms with Crippen molar-refractivity contribution in [2.24, 2.45) is 0 Å². The molecule has 4 nitrogen and oxygen atoms in total. The molecule has 0 spiro atoms. The van der Waals surface area contributed by atoms with Crippen LogP contribution in [0.25, 0.3) is 4.85 Å². The Bertz CT molecular complexity index is 379. The van der Waals surface area contributed by atoms with Gasteiger partial charge in [-0.2, -0.15) is 0 Å². The molecule has 0 aliphatic heterocycles. The number of aromatic nitrogens is 2. The molecule has 1 aromatic heterocycles. The second kappa shape index (κ2) is 3.62. The Hall–Kier alpha value is -1.63. The maximum atomic E-state index is 6.88. The lowest BCUT2D eigenvalue weighted by atomic mass is 10.1. The lowest BCUT2D eigenvalue weighted by Gasteiger charge is -2.06. The molecule has 0 saturated heterocycles. The van der Waals surface area contributed by atoms with Gasteiger partial charge in [-0.25, -0.2) is 16.5 Å². The van der Waals surface area contributed by atoms with Crippen LogP contribution in [0.15, 0.2) is 6.33 Å². The van der Waals surface area contributed by atoms with E-state index in [4.69, 9.17) is 11.3 Å². The van der Waals surface area contributed by atoms with Crippen LogP contribution in [-0.4, -0.2) is 17.1 Å². The number of ether oxygens (including phenoxy) is 1. The lowest BCUT2D eigenvalue weighted by Crippen LogP contribution is -2.01. The molecule has 2 rings (SSSR count). The third-order valence-electron chi connectivity index (χ3n) is 2.33. The maximum Gasteiger partial charge on any atom is 0.246 e. The van der Waals surface area contributed by atoms with Gasteiger partial charge < -0.3 is 9.58 Å². The molecule has 0 aromatic carbocycles. The molecule has 1 aliphatic carbocycles. The zero-order chi connectivity index (χ0) is 9.97. The molecule has 1 saturated carbocycles. The van der Waals surface area contributed by atoms with Crippen LogP contribution < -0.4 is 4.74 Å². The highest BCUT2D eigenvalue weighted by molar-refractivity contribution is 5.35. The fourth-order valence-electron chi connectivity index (χ4n) is 1.52. The van der Waals surface area contributed by atoms with Crippen LogP contribution >= 0.6 is 0 Å². The topological polar surface area (TPSA) is 39.4 Å². The summed E-state index contributed by atoms with van der Waals surface area (Å²) in [5.74, 6) is 1.08. The van der Waals surface area contributed by atoms with E-state index >= 15 is 0 Å². The summed E-state index contributed by atoms with van der Waals surface area (Å²) in [5, 5.41) is 0.